The summed E-state index contributed by atoms with van der Waals surface area (Å²) in [7, 11) is 0. The zero-order valence-electron chi connectivity index (χ0n) is 11.6. The highest BCUT2D eigenvalue weighted by atomic mass is 19.1. The maximum atomic E-state index is 13.5. The molecule has 1 fully saturated rings. The van der Waals surface area contributed by atoms with E-state index in [0.29, 0.717) is 26.2 Å². The number of carbonyl (C=O) groups excluding carboxylic acids is 1. The van der Waals surface area contributed by atoms with Gasteiger partial charge in [-0.2, -0.15) is 0 Å². The Morgan fingerprint density at radius 2 is 2.35 bits per heavy atom. The van der Waals surface area contributed by atoms with E-state index in [-0.39, 0.29) is 29.5 Å². The van der Waals surface area contributed by atoms with Gasteiger partial charge < -0.3 is 14.8 Å². The van der Waals surface area contributed by atoms with E-state index in [4.69, 9.17) is 9.47 Å². The van der Waals surface area contributed by atoms with Crippen LogP contribution in [0.25, 0.3) is 0 Å². The number of halogens is 1. The van der Waals surface area contributed by atoms with Gasteiger partial charge in [0.1, 0.15) is 6.10 Å². The van der Waals surface area contributed by atoms with Crippen molar-refractivity contribution in [2.45, 2.75) is 25.9 Å². The van der Waals surface area contributed by atoms with Crippen LogP contribution in [0, 0.1) is 11.7 Å². The van der Waals surface area contributed by atoms with Crippen molar-refractivity contribution in [1.82, 2.24) is 5.32 Å². The van der Waals surface area contributed by atoms with Crippen LogP contribution in [0.4, 0.5) is 4.39 Å². The summed E-state index contributed by atoms with van der Waals surface area (Å²) in [5.41, 5.74) is 0. The number of rotatable bonds is 6. The fourth-order valence-corrected chi connectivity index (χ4v) is 2.09. The van der Waals surface area contributed by atoms with Crippen molar-refractivity contribution >= 4 is 5.91 Å². The average molecular weight is 281 g/mol. The van der Waals surface area contributed by atoms with Gasteiger partial charge in [0, 0.05) is 6.61 Å². The molecule has 110 valence electrons. The molecule has 1 aliphatic rings. The second-order valence-electron chi connectivity index (χ2n) is 4.88. The van der Waals surface area contributed by atoms with Crippen molar-refractivity contribution in [1.29, 1.82) is 0 Å². The van der Waals surface area contributed by atoms with E-state index in [1.807, 2.05) is 6.92 Å². The molecule has 0 radical (unpaired) electrons. The highest BCUT2D eigenvalue weighted by molar-refractivity contribution is 5.79. The minimum atomic E-state index is -0.388. The van der Waals surface area contributed by atoms with Gasteiger partial charge in [0.25, 0.3) is 0 Å². The van der Waals surface area contributed by atoms with Crippen LogP contribution in [0.3, 0.4) is 0 Å². The largest absolute Gasteiger partial charge is 0.486 e. The van der Waals surface area contributed by atoms with Crippen molar-refractivity contribution in [2.75, 3.05) is 19.8 Å². The van der Waals surface area contributed by atoms with Crippen LogP contribution < -0.4 is 10.1 Å². The predicted octanol–water partition coefficient (Wildman–Crippen LogP) is 2.14. The van der Waals surface area contributed by atoms with Crippen LogP contribution in [0.2, 0.25) is 0 Å². The third-order valence-electron chi connectivity index (χ3n) is 3.39. The molecular formula is C15H20FNO3. The maximum absolute atomic E-state index is 13.5. The normalized spacial score (nSPS) is 19.6. The molecule has 0 spiro atoms. The molecule has 0 unspecified atom stereocenters. The lowest BCUT2D eigenvalue weighted by Crippen LogP contribution is -2.38. The summed E-state index contributed by atoms with van der Waals surface area (Å²) in [6.45, 7) is 3.44. The Bertz CT molecular complexity index is 446. The molecule has 1 aromatic rings. The number of benzene rings is 1. The molecule has 4 nitrogen and oxygen atoms in total. The summed E-state index contributed by atoms with van der Waals surface area (Å²) in [4.78, 5) is 11.9. The zero-order valence-corrected chi connectivity index (χ0v) is 11.6. The molecule has 20 heavy (non-hydrogen) atoms. The smallest absolute Gasteiger partial charge is 0.225 e. The maximum Gasteiger partial charge on any atom is 0.225 e. The first-order chi connectivity index (χ1) is 9.70. The second kappa shape index (κ2) is 7.24. The van der Waals surface area contributed by atoms with Crippen LogP contribution in [0.15, 0.2) is 24.3 Å². The summed E-state index contributed by atoms with van der Waals surface area (Å²) < 4.78 is 24.3. The van der Waals surface area contributed by atoms with Gasteiger partial charge in [0.15, 0.2) is 11.6 Å². The number of nitrogens with one attached hydrogen (secondary N) is 1. The number of para-hydroxylation sites is 1. The number of hydrogen-bond donors (Lipinski definition) is 1. The minimum Gasteiger partial charge on any atom is -0.486 e. The number of ether oxygens (including phenoxy) is 2. The molecule has 1 aliphatic heterocycles. The first kappa shape index (κ1) is 14.8. The fourth-order valence-electron chi connectivity index (χ4n) is 2.09. The van der Waals surface area contributed by atoms with Gasteiger partial charge in [-0.25, -0.2) is 4.39 Å². The quantitative estimate of drug-likeness (QED) is 0.869. The van der Waals surface area contributed by atoms with Crippen LogP contribution in [0.5, 0.6) is 5.75 Å². The molecule has 2 atom stereocenters. The molecule has 1 amide bonds. The Morgan fingerprint density at radius 3 is 3.00 bits per heavy atom. The first-order valence-corrected chi connectivity index (χ1v) is 6.97. The monoisotopic (exact) mass is 281 g/mol. The van der Waals surface area contributed by atoms with Crippen molar-refractivity contribution in [3.8, 4) is 5.75 Å². The summed E-state index contributed by atoms with van der Waals surface area (Å²) in [5.74, 6) is -0.252. The predicted molar refractivity (Wildman–Crippen MR) is 73.0 cm³/mol. The Hall–Kier alpha value is -1.62. The van der Waals surface area contributed by atoms with Crippen molar-refractivity contribution in [2.24, 2.45) is 5.92 Å². The van der Waals surface area contributed by atoms with Gasteiger partial charge >= 0.3 is 0 Å². The molecular weight excluding hydrogens is 261 g/mol. The lowest BCUT2D eigenvalue weighted by atomic mass is 10.1. The summed E-state index contributed by atoms with van der Waals surface area (Å²) in [6.07, 6.45) is 1.21. The first-order valence-electron chi connectivity index (χ1n) is 6.97. The average Bonchev–Trinajstić information content (AvgIpc) is 2.99. The molecule has 1 N–H and O–H groups in total. The molecule has 1 saturated heterocycles. The zero-order chi connectivity index (χ0) is 14.4. The number of amides is 1. The van der Waals surface area contributed by atoms with Crippen LogP contribution in [0.1, 0.15) is 19.8 Å². The minimum absolute atomic E-state index is 0.0157. The molecule has 2 rings (SSSR count). The van der Waals surface area contributed by atoms with E-state index in [1.54, 1.807) is 18.2 Å². The number of carbonyl (C=O) groups is 1. The lowest BCUT2D eigenvalue weighted by Gasteiger charge is -2.19. The van der Waals surface area contributed by atoms with E-state index in [9.17, 15) is 9.18 Å². The van der Waals surface area contributed by atoms with E-state index >= 15 is 0 Å². The second-order valence-corrected chi connectivity index (χ2v) is 4.88. The van der Waals surface area contributed by atoms with Gasteiger partial charge in [-0.3, -0.25) is 4.79 Å². The van der Waals surface area contributed by atoms with Crippen LogP contribution in [-0.4, -0.2) is 31.8 Å². The lowest BCUT2D eigenvalue weighted by molar-refractivity contribution is -0.125. The Balaban J connectivity index is 1.83. The number of hydrogen-bond acceptors (Lipinski definition) is 3. The highest BCUT2D eigenvalue weighted by Crippen LogP contribution is 2.18. The van der Waals surface area contributed by atoms with Gasteiger partial charge in [-0.05, 0) is 25.0 Å². The van der Waals surface area contributed by atoms with E-state index in [0.717, 1.165) is 6.42 Å². The van der Waals surface area contributed by atoms with Crippen LogP contribution in [-0.2, 0) is 9.53 Å². The third kappa shape index (κ3) is 3.93. The summed E-state index contributed by atoms with van der Waals surface area (Å²) in [6, 6.07) is 6.28. The molecule has 0 saturated carbocycles. The summed E-state index contributed by atoms with van der Waals surface area (Å²) in [5, 5.41) is 2.85. The van der Waals surface area contributed by atoms with E-state index < -0.39 is 0 Å². The topological polar surface area (TPSA) is 47.6 Å². The molecule has 0 aliphatic carbocycles. The Labute approximate surface area is 118 Å². The Kier molecular flexibility index (Phi) is 5.35. The summed E-state index contributed by atoms with van der Waals surface area (Å²) >= 11 is 0. The van der Waals surface area contributed by atoms with Gasteiger partial charge in [0.2, 0.25) is 5.91 Å². The standard InChI is InChI=1S/C15H20FNO3/c1-2-12(20-14-6-4-3-5-13(14)16)9-17-15(18)11-7-8-19-10-11/h3-6,11-12H,2,7-10H2,1H3,(H,17,18)/t11-,12+/m1/s1. The third-order valence-corrected chi connectivity index (χ3v) is 3.39. The molecule has 0 aromatic heterocycles. The van der Waals surface area contributed by atoms with Gasteiger partial charge in [-0.15, -0.1) is 0 Å². The fraction of sp³-hybridized carbons (Fsp3) is 0.533. The van der Waals surface area contributed by atoms with Gasteiger partial charge in [-0.1, -0.05) is 19.1 Å². The van der Waals surface area contributed by atoms with Crippen LogP contribution >= 0.6 is 0 Å². The molecule has 0 bridgehead atoms. The van der Waals surface area contributed by atoms with Gasteiger partial charge in [0.05, 0.1) is 19.1 Å². The van der Waals surface area contributed by atoms with Crippen molar-refractivity contribution in [3.63, 3.8) is 0 Å². The van der Waals surface area contributed by atoms with E-state index in [2.05, 4.69) is 5.32 Å². The van der Waals surface area contributed by atoms with Crippen molar-refractivity contribution in [3.05, 3.63) is 30.1 Å². The Morgan fingerprint density at radius 1 is 1.55 bits per heavy atom. The highest BCUT2D eigenvalue weighted by Gasteiger charge is 2.24. The molecule has 1 heterocycles. The van der Waals surface area contributed by atoms with E-state index in [1.165, 1.54) is 6.07 Å². The molecule has 5 heteroatoms. The SMILES string of the molecule is CC[C@@H](CNC(=O)[C@@H]1CCOC1)Oc1ccccc1F. The molecule has 1 aromatic carbocycles. The van der Waals surface area contributed by atoms with Crippen molar-refractivity contribution < 1.29 is 18.7 Å².